The van der Waals surface area contributed by atoms with E-state index in [1.807, 2.05) is 54.3 Å². The number of nitrogens with zero attached hydrogens (tertiary/aromatic N) is 10. The highest BCUT2D eigenvalue weighted by atomic mass is 35.5. The third-order valence-electron chi connectivity index (χ3n) is 12.7. The van der Waals surface area contributed by atoms with Gasteiger partial charge >= 0.3 is 0 Å². The Morgan fingerprint density at radius 3 is 2.41 bits per heavy atom. The summed E-state index contributed by atoms with van der Waals surface area (Å²) in [6.45, 7) is 11.1. The lowest BCUT2D eigenvalue weighted by Crippen LogP contribution is -2.54. The zero-order valence-electron chi connectivity index (χ0n) is 34.6. The number of hydrogen-bond acceptors (Lipinski definition) is 12. The molecule has 1 amide bonds. The summed E-state index contributed by atoms with van der Waals surface area (Å²) in [6, 6.07) is 14.0. The molecule has 0 unspecified atom stereocenters. The van der Waals surface area contributed by atoms with Gasteiger partial charge in [-0.15, -0.1) is 21.5 Å². The van der Waals surface area contributed by atoms with E-state index in [9.17, 15) is 4.79 Å². The van der Waals surface area contributed by atoms with Crippen LogP contribution in [0, 0.1) is 20.8 Å². The molecule has 8 heterocycles. The number of aliphatic imine (C=N–C) groups is 1. The number of aryl methyl sites for hydroxylation is 2. The van der Waals surface area contributed by atoms with Crippen LogP contribution in [-0.4, -0.2) is 115 Å². The first-order valence-corrected chi connectivity index (χ1v) is 22.6. The van der Waals surface area contributed by atoms with Crippen molar-refractivity contribution in [2.75, 3.05) is 51.3 Å². The molecule has 0 radical (unpaired) electrons. The maximum Gasteiger partial charge on any atom is 0.296 e. The van der Waals surface area contributed by atoms with Gasteiger partial charge in [0.1, 0.15) is 28.8 Å². The molecule has 61 heavy (non-hydrogen) atoms. The van der Waals surface area contributed by atoms with Crippen molar-refractivity contribution >= 4 is 63.1 Å². The Morgan fingerprint density at radius 1 is 0.918 bits per heavy atom. The number of anilines is 1. The van der Waals surface area contributed by atoms with E-state index in [-0.39, 0.29) is 18.4 Å². The van der Waals surface area contributed by atoms with Crippen LogP contribution >= 0.6 is 34.5 Å². The predicted molar refractivity (Wildman–Crippen MR) is 238 cm³/mol. The Bertz CT molecular complexity index is 2660. The van der Waals surface area contributed by atoms with Gasteiger partial charge in [-0.25, -0.2) is 4.98 Å². The van der Waals surface area contributed by atoms with Crippen LogP contribution in [-0.2, 0) is 4.79 Å². The Labute approximate surface area is 367 Å². The molecule has 3 fully saturated rings. The molecular weight excluding hydrogens is 834 g/mol. The largest absolute Gasteiger partial charge is 0.480 e. The van der Waals surface area contributed by atoms with Crippen molar-refractivity contribution in [1.82, 2.24) is 44.5 Å². The summed E-state index contributed by atoms with van der Waals surface area (Å²) in [5.74, 6) is 2.88. The average Bonchev–Trinajstić information content (AvgIpc) is 3.90. The van der Waals surface area contributed by atoms with Gasteiger partial charge in [0.15, 0.2) is 11.5 Å². The molecule has 0 spiro atoms. The van der Waals surface area contributed by atoms with Gasteiger partial charge in [0.2, 0.25) is 11.8 Å². The number of carbonyl (C=O) groups is 1. The fourth-order valence-corrected chi connectivity index (χ4v) is 10.5. The lowest BCUT2D eigenvalue weighted by atomic mass is 9.96. The van der Waals surface area contributed by atoms with Gasteiger partial charge in [-0.2, -0.15) is 9.97 Å². The zero-order valence-corrected chi connectivity index (χ0v) is 36.9. The molecule has 316 valence electrons. The summed E-state index contributed by atoms with van der Waals surface area (Å²) in [5, 5.41) is 11.3. The second-order valence-corrected chi connectivity index (χ2v) is 18.4. The first kappa shape index (κ1) is 40.0. The van der Waals surface area contributed by atoms with Crippen molar-refractivity contribution in [2.45, 2.75) is 77.5 Å². The van der Waals surface area contributed by atoms with Gasteiger partial charge in [-0.1, -0.05) is 35.3 Å². The molecule has 3 aliphatic heterocycles. The summed E-state index contributed by atoms with van der Waals surface area (Å²) in [6.07, 6.45) is 5.52. The molecule has 6 aromatic rings. The monoisotopic (exact) mass is 879 g/mol. The number of amides is 1. The first-order chi connectivity index (χ1) is 29.6. The number of benzene rings is 1. The van der Waals surface area contributed by atoms with Gasteiger partial charge in [-0.3, -0.25) is 19.3 Å². The van der Waals surface area contributed by atoms with Crippen molar-refractivity contribution in [2.24, 2.45) is 4.99 Å². The fourth-order valence-electron chi connectivity index (χ4n) is 8.95. The molecule has 1 saturated carbocycles. The van der Waals surface area contributed by atoms with Gasteiger partial charge in [0.05, 0.1) is 41.0 Å². The van der Waals surface area contributed by atoms with Crippen molar-refractivity contribution in [3.05, 3.63) is 85.7 Å². The third-order valence-corrected chi connectivity index (χ3v) is 14.5. The number of rotatable bonds is 9. The number of aromatic nitrogens is 7. The predicted octanol–water partition coefficient (Wildman–Crippen LogP) is 7.93. The van der Waals surface area contributed by atoms with E-state index in [1.54, 1.807) is 18.4 Å². The second kappa shape index (κ2) is 16.3. The molecule has 1 N–H and O–H groups in total. The lowest BCUT2D eigenvalue weighted by Gasteiger charge is -2.43. The van der Waals surface area contributed by atoms with Crippen LogP contribution in [0.15, 0.2) is 47.5 Å². The molecule has 1 atom stereocenters. The quantitative estimate of drug-likeness (QED) is 0.152. The summed E-state index contributed by atoms with van der Waals surface area (Å²) >= 11 is 14.8. The topological polar surface area (TPSA) is 143 Å². The number of methoxy groups -OCH3 is 1. The molecule has 1 aromatic carbocycles. The highest BCUT2D eigenvalue weighted by Crippen LogP contribution is 2.41. The maximum absolute atomic E-state index is 14.1. The number of hydrogen-bond donors (Lipinski definition) is 1. The minimum absolute atomic E-state index is 0.0878. The zero-order chi connectivity index (χ0) is 41.9. The second-order valence-electron chi connectivity index (χ2n) is 16.4. The van der Waals surface area contributed by atoms with Crippen LogP contribution < -0.4 is 14.4 Å². The van der Waals surface area contributed by atoms with E-state index in [2.05, 4.69) is 48.4 Å². The van der Waals surface area contributed by atoms with Crippen molar-refractivity contribution < 1.29 is 14.3 Å². The van der Waals surface area contributed by atoms with Crippen molar-refractivity contribution in [3.63, 3.8) is 0 Å². The van der Waals surface area contributed by atoms with E-state index in [1.165, 1.54) is 16.9 Å². The van der Waals surface area contributed by atoms with E-state index in [0.29, 0.717) is 63.8 Å². The molecule has 2 saturated heterocycles. The van der Waals surface area contributed by atoms with Gasteiger partial charge in [0.25, 0.3) is 6.01 Å². The number of likely N-dealkylation sites (tertiary alicyclic amines) is 1. The standard InChI is InChI=1S/C44H47Cl2N11O3S/c1-24-25(2)61-43-37(24)38(27-8-10-28(45)11-9-27)47-34(41-53-52-26(3)57(41)43)23-36(58)56-16-14-29(15-17-56)54-18-20-55(21-19-54)35-13-12-31(42(49-35)59-4)39-32(46)22-33-40(50-39)51-44(48-33)60-30-6-5-7-30/h8-13,22,29-30,34H,5-7,14-21,23H2,1-4H3,(H,48,50,51)/t34-/m0/s1. The Kier molecular flexibility index (Phi) is 10.7. The number of H-pyrrole nitrogens is 1. The maximum atomic E-state index is 14.1. The molecule has 0 bridgehead atoms. The number of thiophene rings is 1. The minimum atomic E-state index is -0.483. The van der Waals surface area contributed by atoms with Crippen LogP contribution in [0.3, 0.4) is 0 Å². The number of aromatic amines is 1. The number of fused-ring (bicyclic) bond motifs is 4. The van der Waals surface area contributed by atoms with E-state index in [4.69, 9.17) is 47.6 Å². The van der Waals surface area contributed by atoms with E-state index < -0.39 is 6.04 Å². The Hall–Kier alpha value is -5.09. The molecule has 14 nitrogen and oxygen atoms in total. The number of piperidine rings is 1. The number of nitrogens with one attached hydrogen (secondary N) is 1. The highest BCUT2D eigenvalue weighted by Gasteiger charge is 2.35. The minimum Gasteiger partial charge on any atom is -0.480 e. The summed E-state index contributed by atoms with van der Waals surface area (Å²) in [5.41, 5.74) is 6.57. The van der Waals surface area contributed by atoms with Crippen LogP contribution in [0.5, 0.6) is 11.9 Å². The molecule has 1 aliphatic carbocycles. The summed E-state index contributed by atoms with van der Waals surface area (Å²) in [7, 11) is 1.62. The summed E-state index contributed by atoms with van der Waals surface area (Å²) < 4.78 is 13.9. The number of piperazine rings is 1. The number of pyridine rings is 2. The average molecular weight is 881 g/mol. The van der Waals surface area contributed by atoms with Gasteiger partial charge in [-0.05, 0) is 88.8 Å². The highest BCUT2D eigenvalue weighted by molar-refractivity contribution is 7.15. The molecular formula is C44H47Cl2N11O3S. The Morgan fingerprint density at radius 2 is 1.69 bits per heavy atom. The van der Waals surface area contributed by atoms with Gasteiger partial charge in [0, 0.05) is 66.3 Å². The smallest absolute Gasteiger partial charge is 0.296 e. The lowest BCUT2D eigenvalue weighted by molar-refractivity contribution is -0.133. The number of halogens is 2. The van der Waals surface area contributed by atoms with Crippen molar-refractivity contribution in [3.8, 4) is 28.1 Å². The third kappa shape index (κ3) is 7.53. The van der Waals surface area contributed by atoms with Crippen LogP contribution in [0.25, 0.3) is 27.4 Å². The molecule has 4 aliphatic rings. The number of ether oxygens (including phenoxy) is 2. The number of carbonyl (C=O) groups excluding carboxylic acids is 1. The van der Waals surface area contributed by atoms with Gasteiger partial charge < -0.3 is 24.3 Å². The molecule has 10 rings (SSSR count). The van der Waals surface area contributed by atoms with E-state index >= 15 is 0 Å². The van der Waals surface area contributed by atoms with Crippen LogP contribution in [0.2, 0.25) is 10.0 Å². The fraction of sp³-hybridized carbons (Fsp3) is 0.432. The van der Waals surface area contributed by atoms with E-state index in [0.717, 1.165) is 90.9 Å². The SMILES string of the molecule is COc1nc(N2CCN(C3CCN(C(=O)C[C@@H]4N=C(c5ccc(Cl)cc5)c5c(sc(C)c5C)-n5c(C)nnc54)CC3)CC2)ccc1-c1nc2nc(OC3CCC3)[nH]c2cc1Cl. The normalized spacial score (nSPS) is 18.7. The summed E-state index contributed by atoms with van der Waals surface area (Å²) in [4.78, 5) is 45.0. The number of imidazole rings is 1. The first-order valence-electron chi connectivity index (χ1n) is 21.0. The molecule has 17 heteroatoms. The molecule has 5 aromatic heterocycles. The Balaban J connectivity index is 0.783. The van der Waals surface area contributed by atoms with Crippen LogP contribution in [0.4, 0.5) is 5.82 Å². The van der Waals surface area contributed by atoms with Crippen LogP contribution in [0.1, 0.15) is 77.8 Å². The van der Waals surface area contributed by atoms with Crippen molar-refractivity contribution in [1.29, 1.82) is 0 Å².